The van der Waals surface area contributed by atoms with E-state index in [0.717, 1.165) is 45.2 Å². The van der Waals surface area contributed by atoms with Crippen LogP contribution in [0.1, 0.15) is 45.4 Å². The Hall–Kier alpha value is -0.160. The lowest BCUT2D eigenvalue weighted by molar-refractivity contribution is -0.0527. The molecule has 3 fully saturated rings. The summed E-state index contributed by atoms with van der Waals surface area (Å²) in [6.45, 7) is 7.59. The molecular weight excluding hydrogens is 252 g/mol. The van der Waals surface area contributed by atoms with Crippen molar-refractivity contribution < 1.29 is 9.84 Å². The number of ether oxygens (including phenoxy) is 1. The minimum absolute atomic E-state index is 0.0799. The van der Waals surface area contributed by atoms with E-state index in [2.05, 4.69) is 16.7 Å². The third-order valence-corrected chi connectivity index (χ3v) is 5.45. The molecule has 0 radical (unpaired) electrons. The average molecular weight is 282 g/mol. The van der Waals surface area contributed by atoms with Crippen LogP contribution in [0.15, 0.2) is 0 Å². The molecule has 3 atom stereocenters. The molecule has 20 heavy (non-hydrogen) atoms. The Morgan fingerprint density at radius 2 is 1.70 bits per heavy atom. The molecule has 116 valence electrons. The highest BCUT2D eigenvalue weighted by Crippen LogP contribution is 2.27. The number of rotatable bonds is 2. The zero-order chi connectivity index (χ0) is 13.9. The summed E-state index contributed by atoms with van der Waals surface area (Å²) in [6, 6.07) is 1.17. The maximum absolute atomic E-state index is 10.2. The number of morpholine rings is 1. The molecule has 0 aromatic rings. The molecule has 3 unspecified atom stereocenters. The first-order valence-corrected chi connectivity index (χ1v) is 8.52. The van der Waals surface area contributed by atoms with Gasteiger partial charge in [0.25, 0.3) is 0 Å². The van der Waals surface area contributed by atoms with Gasteiger partial charge in [0.05, 0.1) is 18.8 Å². The maximum Gasteiger partial charge on any atom is 0.0695 e. The van der Waals surface area contributed by atoms with Crippen LogP contribution in [0.4, 0.5) is 0 Å². The zero-order valence-electron chi connectivity index (χ0n) is 12.8. The standard InChI is InChI=1S/C16H30N2O2/c1-13-12-18(10-11-20-13)14-6-8-17(9-7-14)15-4-2-3-5-16(15)19/h13-16,19H,2-12H2,1H3. The van der Waals surface area contributed by atoms with Crippen molar-refractivity contribution in [2.24, 2.45) is 0 Å². The quantitative estimate of drug-likeness (QED) is 0.832. The molecule has 2 aliphatic heterocycles. The highest BCUT2D eigenvalue weighted by Gasteiger charge is 2.33. The van der Waals surface area contributed by atoms with Gasteiger partial charge in [-0.2, -0.15) is 0 Å². The molecule has 2 heterocycles. The van der Waals surface area contributed by atoms with Crippen LogP contribution in [0.2, 0.25) is 0 Å². The van der Waals surface area contributed by atoms with E-state index in [9.17, 15) is 5.11 Å². The van der Waals surface area contributed by atoms with Crippen molar-refractivity contribution in [3.8, 4) is 0 Å². The second kappa shape index (κ2) is 6.73. The molecule has 0 aromatic heterocycles. The molecule has 1 aliphatic carbocycles. The minimum atomic E-state index is -0.0799. The Morgan fingerprint density at radius 1 is 0.950 bits per heavy atom. The molecule has 0 amide bonds. The second-order valence-electron chi connectivity index (χ2n) is 6.86. The summed E-state index contributed by atoms with van der Waals surface area (Å²) < 4.78 is 5.64. The Labute approximate surface area is 123 Å². The fourth-order valence-corrected chi connectivity index (χ4v) is 4.28. The Morgan fingerprint density at radius 3 is 2.40 bits per heavy atom. The van der Waals surface area contributed by atoms with Crippen molar-refractivity contribution in [3.05, 3.63) is 0 Å². The van der Waals surface area contributed by atoms with Crippen LogP contribution >= 0.6 is 0 Å². The molecule has 2 saturated heterocycles. The normalized spacial score (nSPS) is 39.0. The fourth-order valence-electron chi connectivity index (χ4n) is 4.28. The van der Waals surface area contributed by atoms with Crippen LogP contribution in [0, 0.1) is 0 Å². The number of aliphatic hydroxyl groups is 1. The van der Waals surface area contributed by atoms with Crippen molar-refractivity contribution in [1.82, 2.24) is 9.80 Å². The highest BCUT2D eigenvalue weighted by atomic mass is 16.5. The van der Waals surface area contributed by atoms with Gasteiger partial charge >= 0.3 is 0 Å². The van der Waals surface area contributed by atoms with Crippen LogP contribution in [-0.2, 0) is 4.74 Å². The molecule has 1 N–H and O–H groups in total. The number of piperidine rings is 1. The number of hydrogen-bond acceptors (Lipinski definition) is 4. The SMILES string of the molecule is CC1CN(C2CCN(C3CCCCC3O)CC2)CCO1. The lowest BCUT2D eigenvalue weighted by Crippen LogP contribution is -2.54. The summed E-state index contributed by atoms with van der Waals surface area (Å²) in [6.07, 6.45) is 7.53. The van der Waals surface area contributed by atoms with Crippen molar-refractivity contribution in [2.45, 2.75) is 69.7 Å². The van der Waals surface area contributed by atoms with Crippen molar-refractivity contribution >= 4 is 0 Å². The van der Waals surface area contributed by atoms with E-state index in [1.807, 2.05) is 0 Å². The summed E-state index contributed by atoms with van der Waals surface area (Å²) in [5.41, 5.74) is 0. The van der Waals surface area contributed by atoms with Gasteiger partial charge in [-0.1, -0.05) is 12.8 Å². The van der Waals surface area contributed by atoms with Crippen LogP contribution < -0.4 is 0 Å². The second-order valence-corrected chi connectivity index (χ2v) is 6.86. The van der Waals surface area contributed by atoms with Crippen LogP contribution in [0.3, 0.4) is 0 Å². The van der Waals surface area contributed by atoms with E-state index >= 15 is 0 Å². The average Bonchev–Trinajstić information content (AvgIpc) is 2.48. The molecule has 0 bridgehead atoms. The highest BCUT2D eigenvalue weighted by molar-refractivity contribution is 4.89. The Kier molecular flexibility index (Phi) is 4.97. The van der Waals surface area contributed by atoms with Crippen LogP contribution in [0.25, 0.3) is 0 Å². The van der Waals surface area contributed by atoms with Gasteiger partial charge in [-0.15, -0.1) is 0 Å². The van der Waals surface area contributed by atoms with Gasteiger partial charge < -0.3 is 9.84 Å². The third-order valence-electron chi connectivity index (χ3n) is 5.45. The summed E-state index contributed by atoms with van der Waals surface area (Å²) in [7, 11) is 0. The van der Waals surface area contributed by atoms with E-state index in [0.29, 0.717) is 12.1 Å². The van der Waals surface area contributed by atoms with Crippen molar-refractivity contribution in [1.29, 1.82) is 0 Å². The van der Waals surface area contributed by atoms with Gasteiger partial charge in [-0.3, -0.25) is 9.80 Å². The summed E-state index contributed by atoms with van der Waals surface area (Å²) in [4.78, 5) is 5.19. The molecule has 4 nitrogen and oxygen atoms in total. The van der Waals surface area contributed by atoms with Crippen LogP contribution in [-0.4, -0.2) is 72.0 Å². The first-order valence-electron chi connectivity index (χ1n) is 8.52. The smallest absolute Gasteiger partial charge is 0.0695 e. The number of aliphatic hydroxyl groups excluding tert-OH is 1. The molecule has 3 rings (SSSR count). The topological polar surface area (TPSA) is 35.9 Å². The molecular formula is C16H30N2O2. The summed E-state index contributed by atoms with van der Waals surface area (Å²) in [5.74, 6) is 0. The minimum Gasteiger partial charge on any atom is -0.391 e. The van der Waals surface area contributed by atoms with Gasteiger partial charge in [0.1, 0.15) is 0 Å². The van der Waals surface area contributed by atoms with Gasteiger partial charge in [0, 0.05) is 38.3 Å². The van der Waals surface area contributed by atoms with Gasteiger partial charge in [0.15, 0.2) is 0 Å². The maximum atomic E-state index is 10.2. The first-order chi connectivity index (χ1) is 9.74. The van der Waals surface area contributed by atoms with Gasteiger partial charge in [-0.25, -0.2) is 0 Å². The number of hydrogen-bond donors (Lipinski definition) is 1. The molecule has 0 spiro atoms. The fraction of sp³-hybridized carbons (Fsp3) is 1.00. The monoisotopic (exact) mass is 282 g/mol. The van der Waals surface area contributed by atoms with E-state index in [-0.39, 0.29) is 6.10 Å². The van der Waals surface area contributed by atoms with Crippen molar-refractivity contribution in [2.75, 3.05) is 32.8 Å². The van der Waals surface area contributed by atoms with E-state index in [4.69, 9.17) is 4.74 Å². The molecule has 3 aliphatic rings. The van der Waals surface area contributed by atoms with E-state index < -0.39 is 0 Å². The molecule has 1 saturated carbocycles. The third kappa shape index (κ3) is 3.35. The predicted molar refractivity (Wildman–Crippen MR) is 79.8 cm³/mol. The number of likely N-dealkylation sites (tertiary alicyclic amines) is 1. The molecule has 0 aromatic carbocycles. The summed E-state index contributed by atoms with van der Waals surface area (Å²) in [5, 5.41) is 10.2. The molecule has 4 heteroatoms. The largest absolute Gasteiger partial charge is 0.391 e. The van der Waals surface area contributed by atoms with Crippen molar-refractivity contribution in [3.63, 3.8) is 0 Å². The zero-order valence-corrected chi connectivity index (χ0v) is 12.8. The van der Waals surface area contributed by atoms with Gasteiger partial charge in [0.2, 0.25) is 0 Å². The first kappa shape index (κ1) is 14.8. The van der Waals surface area contributed by atoms with Crippen LogP contribution in [0.5, 0.6) is 0 Å². The van der Waals surface area contributed by atoms with E-state index in [1.165, 1.54) is 32.1 Å². The Bertz CT molecular complexity index is 305. The van der Waals surface area contributed by atoms with Gasteiger partial charge in [-0.05, 0) is 32.6 Å². The van der Waals surface area contributed by atoms with E-state index in [1.54, 1.807) is 0 Å². The lowest BCUT2D eigenvalue weighted by Gasteiger charge is -2.45. The summed E-state index contributed by atoms with van der Waals surface area (Å²) >= 11 is 0. The number of nitrogens with zero attached hydrogens (tertiary/aromatic N) is 2. The Balaban J connectivity index is 1.49. The lowest BCUT2D eigenvalue weighted by atomic mass is 9.89. The predicted octanol–water partition coefficient (Wildman–Crippen LogP) is 1.47.